The third-order valence-corrected chi connectivity index (χ3v) is 4.12. The lowest BCUT2D eigenvalue weighted by molar-refractivity contribution is -0.120. The van der Waals surface area contributed by atoms with Crippen LogP contribution >= 0.6 is 11.8 Å². The summed E-state index contributed by atoms with van der Waals surface area (Å²) in [6, 6.07) is 8.92. The van der Waals surface area contributed by atoms with Crippen molar-refractivity contribution >= 4 is 17.7 Å². The van der Waals surface area contributed by atoms with Gasteiger partial charge in [0.15, 0.2) is 0 Å². The fourth-order valence-electron chi connectivity index (χ4n) is 1.71. The van der Waals surface area contributed by atoms with E-state index in [0.29, 0.717) is 12.0 Å². The van der Waals surface area contributed by atoms with Crippen molar-refractivity contribution < 1.29 is 4.79 Å². The first-order valence-electron chi connectivity index (χ1n) is 7.65. The number of thioether (sulfide) groups is 1. The molecular formula is C17H28N2OS. The number of carbonyl (C=O) groups is 1. The van der Waals surface area contributed by atoms with Crippen LogP contribution in [0, 0.1) is 5.92 Å². The fraction of sp³-hybridized carbons (Fsp3) is 0.588. The average molecular weight is 308 g/mol. The largest absolute Gasteiger partial charge is 0.355 e. The summed E-state index contributed by atoms with van der Waals surface area (Å²) < 4.78 is 0. The van der Waals surface area contributed by atoms with Crippen LogP contribution in [0.1, 0.15) is 40.2 Å². The van der Waals surface area contributed by atoms with Gasteiger partial charge in [0.2, 0.25) is 5.91 Å². The predicted octanol–water partition coefficient (Wildman–Crippen LogP) is 3.44. The number of hydrogen-bond acceptors (Lipinski definition) is 3. The van der Waals surface area contributed by atoms with E-state index >= 15 is 0 Å². The Morgan fingerprint density at radius 2 is 1.71 bits per heavy atom. The van der Waals surface area contributed by atoms with Crippen molar-refractivity contribution in [1.29, 1.82) is 0 Å². The molecule has 0 fully saturated rings. The first kappa shape index (κ1) is 18.1. The molecule has 1 atom stereocenters. The van der Waals surface area contributed by atoms with Gasteiger partial charge >= 0.3 is 0 Å². The zero-order valence-electron chi connectivity index (χ0n) is 13.8. The highest BCUT2D eigenvalue weighted by Crippen LogP contribution is 2.23. The van der Waals surface area contributed by atoms with E-state index in [1.807, 2.05) is 6.92 Å². The first-order valence-corrected chi connectivity index (χ1v) is 8.53. The van der Waals surface area contributed by atoms with Gasteiger partial charge in [-0.2, -0.15) is 0 Å². The Hall–Kier alpha value is -1.00. The molecule has 118 valence electrons. The third-order valence-electron chi connectivity index (χ3n) is 3.00. The molecule has 0 aliphatic heterocycles. The normalized spacial score (nSPS) is 12.7. The van der Waals surface area contributed by atoms with Crippen LogP contribution in [0.5, 0.6) is 0 Å². The van der Waals surface area contributed by atoms with E-state index in [9.17, 15) is 4.79 Å². The maximum absolute atomic E-state index is 12.0. The van der Waals surface area contributed by atoms with Crippen LogP contribution in [-0.4, -0.2) is 23.7 Å². The summed E-state index contributed by atoms with van der Waals surface area (Å²) in [6.07, 6.45) is 0. The minimum Gasteiger partial charge on any atom is -0.355 e. The Labute approximate surface area is 133 Å². The molecule has 0 heterocycles. The molecule has 4 heteroatoms. The maximum Gasteiger partial charge on any atom is 0.233 e. The van der Waals surface area contributed by atoms with Gasteiger partial charge < -0.3 is 10.6 Å². The number of carbonyl (C=O) groups excluding carboxylic acids is 1. The van der Waals surface area contributed by atoms with E-state index < -0.39 is 0 Å². The zero-order chi connectivity index (χ0) is 15.8. The summed E-state index contributed by atoms with van der Waals surface area (Å²) in [5.74, 6) is 0.596. The lowest BCUT2D eigenvalue weighted by atomic mass is 10.2. The first-order chi connectivity index (χ1) is 9.88. The van der Waals surface area contributed by atoms with Crippen molar-refractivity contribution in [2.75, 3.05) is 6.54 Å². The van der Waals surface area contributed by atoms with Gasteiger partial charge in [-0.1, -0.05) is 39.8 Å². The van der Waals surface area contributed by atoms with Crippen molar-refractivity contribution in [1.82, 2.24) is 10.6 Å². The predicted molar refractivity (Wildman–Crippen MR) is 91.6 cm³/mol. The lowest BCUT2D eigenvalue weighted by Gasteiger charge is -2.14. The van der Waals surface area contributed by atoms with Crippen LogP contribution in [0.15, 0.2) is 29.2 Å². The highest BCUT2D eigenvalue weighted by atomic mass is 32.2. The third kappa shape index (κ3) is 7.53. The number of rotatable bonds is 8. The van der Waals surface area contributed by atoms with Crippen molar-refractivity contribution in [3.63, 3.8) is 0 Å². The molecule has 0 saturated carbocycles. The summed E-state index contributed by atoms with van der Waals surface area (Å²) in [7, 11) is 0. The van der Waals surface area contributed by atoms with Crippen LogP contribution in [0.2, 0.25) is 0 Å². The molecule has 0 aliphatic rings. The van der Waals surface area contributed by atoms with E-state index in [-0.39, 0.29) is 11.2 Å². The topological polar surface area (TPSA) is 41.1 Å². The van der Waals surface area contributed by atoms with E-state index in [2.05, 4.69) is 62.6 Å². The maximum atomic E-state index is 12.0. The Morgan fingerprint density at radius 1 is 1.10 bits per heavy atom. The van der Waals surface area contributed by atoms with Crippen LogP contribution < -0.4 is 10.6 Å². The molecule has 0 aliphatic carbocycles. The van der Waals surface area contributed by atoms with Crippen LogP contribution in [0.4, 0.5) is 0 Å². The van der Waals surface area contributed by atoms with Gasteiger partial charge in [0.25, 0.3) is 0 Å². The van der Waals surface area contributed by atoms with E-state index in [4.69, 9.17) is 0 Å². The monoisotopic (exact) mass is 308 g/mol. The molecule has 21 heavy (non-hydrogen) atoms. The van der Waals surface area contributed by atoms with Gasteiger partial charge in [-0.25, -0.2) is 0 Å². The van der Waals surface area contributed by atoms with Crippen LogP contribution in [0.25, 0.3) is 0 Å². The second-order valence-corrected chi connectivity index (χ2v) is 7.49. The van der Waals surface area contributed by atoms with E-state index in [0.717, 1.165) is 18.0 Å². The molecule has 1 rings (SSSR count). The Balaban J connectivity index is 2.45. The summed E-state index contributed by atoms with van der Waals surface area (Å²) in [5, 5.41) is 6.31. The molecule has 0 aromatic heterocycles. The lowest BCUT2D eigenvalue weighted by Crippen LogP contribution is -2.33. The van der Waals surface area contributed by atoms with Crippen molar-refractivity contribution in [2.45, 2.75) is 57.4 Å². The van der Waals surface area contributed by atoms with Gasteiger partial charge in [-0.15, -0.1) is 11.8 Å². The molecule has 3 nitrogen and oxygen atoms in total. The molecule has 2 N–H and O–H groups in total. The highest BCUT2D eigenvalue weighted by molar-refractivity contribution is 8.00. The summed E-state index contributed by atoms with van der Waals surface area (Å²) in [4.78, 5) is 13.1. The smallest absolute Gasteiger partial charge is 0.233 e. The van der Waals surface area contributed by atoms with Crippen molar-refractivity contribution in [3.8, 4) is 0 Å². The molecule has 0 radical (unpaired) electrons. The molecule has 0 spiro atoms. The van der Waals surface area contributed by atoms with Crippen LogP contribution in [0.3, 0.4) is 0 Å². The molecule has 1 aromatic carbocycles. The Kier molecular flexibility index (Phi) is 7.83. The quantitative estimate of drug-likeness (QED) is 0.723. The Bertz CT molecular complexity index is 429. The van der Waals surface area contributed by atoms with E-state index in [1.165, 1.54) is 5.56 Å². The van der Waals surface area contributed by atoms with E-state index in [1.54, 1.807) is 11.8 Å². The molecule has 0 bridgehead atoms. The van der Waals surface area contributed by atoms with Crippen molar-refractivity contribution in [3.05, 3.63) is 29.8 Å². The number of amides is 1. The number of nitrogens with one attached hydrogen (secondary N) is 2. The second kappa shape index (κ2) is 9.11. The average Bonchev–Trinajstić information content (AvgIpc) is 2.43. The second-order valence-electron chi connectivity index (χ2n) is 6.08. The zero-order valence-corrected chi connectivity index (χ0v) is 14.6. The summed E-state index contributed by atoms with van der Waals surface area (Å²) in [6.45, 7) is 12.1. The van der Waals surface area contributed by atoms with Gasteiger partial charge in [-0.05, 0) is 30.5 Å². The van der Waals surface area contributed by atoms with Crippen LogP contribution in [-0.2, 0) is 11.3 Å². The van der Waals surface area contributed by atoms with Gasteiger partial charge in [-0.3, -0.25) is 4.79 Å². The number of benzene rings is 1. The fourth-order valence-corrected chi connectivity index (χ4v) is 2.61. The van der Waals surface area contributed by atoms with Gasteiger partial charge in [0, 0.05) is 24.0 Å². The Morgan fingerprint density at radius 3 is 2.24 bits per heavy atom. The van der Waals surface area contributed by atoms with Crippen molar-refractivity contribution in [2.24, 2.45) is 5.92 Å². The van der Waals surface area contributed by atoms with Gasteiger partial charge in [0.1, 0.15) is 0 Å². The summed E-state index contributed by atoms with van der Waals surface area (Å²) >= 11 is 1.60. The highest BCUT2D eigenvalue weighted by Gasteiger charge is 2.14. The van der Waals surface area contributed by atoms with Gasteiger partial charge in [0.05, 0.1) is 5.25 Å². The SMILES string of the molecule is CC(C)CNC(=O)C(C)Sc1ccc(CNC(C)C)cc1. The molecule has 1 amide bonds. The minimum absolute atomic E-state index is 0.0663. The minimum atomic E-state index is -0.0663. The molecule has 1 unspecified atom stereocenters. The molecule has 1 aromatic rings. The standard InChI is InChI=1S/C17H28N2OS/c1-12(2)10-19-17(20)14(5)21-16-8-6-15(7-9-16)11-18-13(3)4/h6-9,12-14,18H,10-11H2,1-5H3,(H,19,20). The molecule has 0 saturated heterocycles. The molecular weight excluding hydrogens is 280 g/mol. The summed E-state index contributed by atoms with van der Waals surface area (Å²) in [5.41, 5.74) is 1.27. The number of hydrogen-bond donors (Lipinski definition) is 2.